The van der Waals surface area contributed by atoms with Gasteiger partial charge in [0.05, 0.1) is 0 Å². The van der Waals surface area contributed by atoms with Gasteiger partial charge in [-0.05, 0) is 41.8 Å². The van der Waals surface area contributed by atoms with E-state index in [-0.39, 0.29) is 11.6 Å². The molecule has 0 spiro atoms. The Morgan fingerprint density at radius 1 is 1.17 bits per heavy atom. The van der Waals surface area contributed by atoms with Gasteiger partial charge in [0.2, 0.25) is 5.90 Å². The number of aliphatic imine (C=N–C) groups is 1. The largest absolute Gasteiger partial charge is 0.402 e. The summed E-state index contributed by atoms with van der Waals surface area (Å²) in [6, 6.07) is 15.7. The van der Waals surface area contributed by atoms with E-state index >= 15 is 0 Å². The van der Waals surface area contributed by atoms with Crippen LogP contribution in [-0.2, 0) is 9.53 Å². The highest BCUT2D eigenvalue weighted by Gasteiger charge is 2.24. The van der Waals surface area contributed by atoms with E-state index in [9.17, 15) is 9.18 Å². The molecule has 2 aromatic rings. The van der Waals surface area contributed by atoms with Crippen LogP contribution >= 0.6 is 0 Å². The maximum Gasteiger partial charge on any atom is 0.363 e. The number of rotatable bonds is 4. The number of esters is 1. The van der Waals surface area contributed by atoms with E-state index in [1.54, 1.807) is 18.2 Å². The van der Waals surface area contributed by atoms with Gasteiger partial charge in [-0.25, -0.2) is 14.2 Å². The summed E-state index contributed by atoms with van der Waals surface area (Å²) in [5.74, 6) is -0.801. The van der Waals surface area contributed by atoms with E-state index in [0.717, 1.165) is 17.6 Å². The van der Waals surface area contributed by atoms with Crippen LogP contribution in [0.1, 0.15) is 24.5 Å². The Labute approximate surface area is 139 Å². The lowest BCUT2D eigenvalue weighted by Crippen LogP contribution is -2.05. The first-order valence-corrected chi connectivity index (χ1v) is 7.70. The molecule has 1 heterocycles. The topological polar surface area (TPSA) is 38.7 Å². The van der Waals surface area contributed by atoms with E-state index in [2.05, 4.69) is 4.99 Å². The van der Waals surface area contributed by atoms with E-state index in [1.807, 2.05) is 43.3 Å². The van der Waals surface area contributed by atoms with Crippen molar-refractivity contribution in [3.63, 3.8) is 0 Å². The minimum Gasteiger partial charge on any atom is -0.402 e. The molecule has 0 aliphatic carbocycles. The number of hydrogen-bond acceptors (Lipinski definition) is 3. The molecule has 2 aromatic carbocycles. The molecule has 1 aliphatic heterocycles. The highest BCUT2D eigenvalue weighted by atomic mass is 19.1. The zero-order valence-electron chi connectivity index (χ0n) is 13.2. The van der Waals surface area contributed by atoms with Gasteiger partial charge in [-0.2, -0.15) is 0 Å². The molecule has 4 heteroatoms. The predicted molar refractivity (Wildman–Crippen MR) is 91.8 cm³/mol. The Hall–Kier alpha value is -3.01. The second kappa shape index (κ2) is 7.04. The molecule has 3 rings (SSSR count). The fourth-order valence-corrected chi connectivity index (χ4v) is 2.34. The van der Waals surface area contributed by atoms with Gasteiger partial charge in [-0.15, -0.1) is 0 Å². The van der Waals surface area contributed by atoms with Gasteiger partial charge in [-0.3, -0.25) is 0 Å². The maximum atomic E-state index is 13.3. The van der Waals surface area contributed by atoms with Crippen molar-refractivity contribution in [2.24, 2.45) is 4.99 Å². The zero-order valence-corrected chi connectivity index (χ0v) is 13.2. The first kappa shape index (κ1) is 15.9. The summed E-state index contributed by atoms with van der Waals surface area (Å²) in [7, 11) is 0. The number of hydrogen-bond donors (Lipinski definition) is 0. The van der Waals surface area contributed by atoms with Gasteiger partial charge in [-0.1, -0.05) is 49.4 Å². The Bertz CT molecular complexity index is 851. The van der Waals surface area contributed by atoms with Crippen LogP contribution in [-0.4, -0.2) is 11.9 Å². The highest BCUT2D eigenvalue weighted by Crippen LogP contribution is 2.20. The standard InChI is InChI=1S/C20H16FNO2/c1-2-14(11-15-7-4-3-5-8-15)12-18-20(23)24-19(22-18)16-9-6-10-17(21)13-16/h3-13H,2H2,1H3/b14-11-,18-12+. The van der Waals surface area contributed by atoms with Crippen molar-refractivity contribution in [2.75, 3.05) is 0 Å². The number of carbonyl (C=O) groups excluding carboxylic acids is 1. The molecule has 0 radical (unpaired) electrons. The lowest BCUT2D eigenvalue weighted by Gasteiger charge is -1.99. The van der Waals surface area contributed by atoms with Crippen LogP contribution < -0.4 is 0 Å². The molecule has 120 valence electrons. The lowest BCUT2D eigenvalue weighted by molar-refractivity contribution is -0.130. The summed E-state index contributed by atoms with van der Waals surface area (Å²) >= 11 is 0. The number of allylic oxidation sites excluding steroid dienone is 2. The van der Waals surface area contributed by atoms with Crippen molar-refractivity contribution in [3.05, 3.63) is 88.9 Å². The van der Waals surface area contributed by atoms with Crippen LogP contribution in [0.25, 0.3) is 6.08 Å². The number of benzene rings is 2. The molecular weight excluding hydrogens is 305 g/mol. The summed E-state index contributed by atoms with van der Waals surface area (Å²) in [5.41, 5.74) is 2.67. The molecule has 0 N–H and O–H groups in total. The Kier molecular flexibility index (Phi) is 4.66. The number of halogens is 1. The van der Waals surface area contributed by atoms with Crippen LogP contribution in [0.3, 0.4) is 0 Å². The second-order valence-corrected chi connectivity index (χ2v) is 5.33. The Morgan fingerprint density at radius 3 is 2.67 bits per heavy atom. The monoisotopic (exact) mass is 321 g/mol. The number of nitrogens with zero attached hydrogens (tertiary/aromatic N) is 1. The molecule has 24 heavy (non-hydrogen) atoms. The van der Waals surface area contributed by atoms with Crippen LogP contribution in [0.2, 0.25) is 0 Å². The molecular formula is C20H16FNO2. The van der Waals surface area contributed by atoms with Crippen molar-refractivity contribution in [3.8, 4) is 0 Å². The highest BCUT2D eigenvalue weighted by molar-refractivity contribution is 6.11. The molecule has 0 aromatic heterocycles. The van der Waals surface area contributed by atoms with Crippen LogP contribution in [0.5, 0.6) is 0 Å². The minimum atomic E-state index is -0.526. The molecule has 0 bridgehead atoms. The third kappa shape index (κ3) is 3.66. The number of carbonyl (C=O) groups is 1. The average molecular weight is 321 g/mol. The molecule has 3 nitrogen and oxygen atoms in total. The van der Waals surface area contributed by atoms with Crippen LogP contribution in [0.15, 0.2) is 76.9 Å². The smallest absolute Gasteiger partial charge is 0.363 e. The van der Waals surface area contributed by atoms with Crippen molar-refractivity contribution in [2.45, 2.75) is 13.3 Å². The number of ether oxygens (including phenoxy) is 1. The first-order chi connectivity index (χ1) is 11.7. The SMILES string of the molecule is CCC(=C/c1ccccc1)/C=C1/N=C(c2cccc(F)c2)OC1=O. The minimum absolute atomic E-state index is 0.126. The Balaban J connectivity index is 1.91. The summed E-state index contributed by atoms with van der Waals surface area (Å²) in [6.45, 7) is 2.00. The fraction of sp³-hybridized carbons (Fsp3) is 0.100. The number of cyclic esters (lactones) is 1. The van der Waals surface area contributed by atoms with Gasteiger partial charge in [0, 0.05) is 5.56 Å². The maximum absolute atomic E-state index is 13.3. The first-order valence-electron chi connectivity index (χ1n) is 7.70. The normalized spacial score (nSPS) is 16.2. The lowest BCUT2D eigenvalue weighted by atomic mass is 10.1. The summed E-state index contributed by atoms with van der Waals surface area (Å²) in [6.07, 6.45) is 4.45. The summed E-state index contributed by atoms with van der Waals surface area (Å²) < 4.78 is 18.5. The molecule has 0 amide bonds. The van der Waals surface area contributed by atoms with Gasteiger partial charge in [0.15, 0.2) is 5.70 Å². The quantitative estimate of drug-likeness (QED) is 0.614. The molecule has 0 saturated heterocycles. The fourth-order valence-electron chi connectivity index (χ4n) is 2.34. The van der Waals surface area contributed by atoms with Gasteiger partial charge in [0.1, 0.15) is 5.82 Å². The van der Waals surface area contributed by atoms with E-state index in [1.165, 1.54) is 12.1 Å². The van der Waals surface area contributed by atoms with E-state index < -0.39 is 11.8 Å². The third-order valence-corrected chi connectivity index (χ3v) is 3.57. The molecule has 0 unspecified atom stereocenters. The van der Waals surface area contributed by atoms with Gasteiger partial charge in [0.25, 0.3) is 0 Å². The third-order valence-electron chi connectivity index (χ3n) is 3.57. The predicted octanol–water partition coefficient (Wildman–Crippen LogP) is 4.51. The molecule has 1 aliphatic rings. The summed E-state index contributed by atoms with van der Waals surface area (Å²) in [4.78, 5) is 16.2. The van der Waals surface area contributed by atoms with Crippen molar-refractivity contribution in [1.82, 2.24) is 0 Å². The molecule has 0 fully saturated rings. The Morgan fingerprint density at radius 2 is 1.96 bits per heavy atom. The van der Waals surface area contributed by atoms with E-state index in [4.69, 9.17) is 4.74 Å². The summed E-state index contributed by atoms with van der Waals surface area (Å²) in [5, 5.41) is 0. The van der Waals surface area contributed by atoms with Gasteiger partial charge < -0.3 is 4.74 Å². The van der Waals surface area contributed by atoms with Crippen LogP contribution in [0.4, 0.5) is 4.39 Å². The molecule has 0 saturated carbocycles. The zero-order chi connectivity index (χ0) is 16.9. The van der Waals surface area contributed by atoms with Gasteiger partial charge >= 0.3 is 5.97 Å². The van der Waals surface area contributed by atoms with Crippen molar-refractivity contribution >= 4 is 17.9 Å². The second-order valence-electron chi connectivity index (χ2n) is 5.33. The van der Waals surface area contributed by atoms with Crippen molar-refractivity contribution in [1.29, 1.82) is 0 Å². The molecule has 0 atom stereocenters. The van der Waals surface area contributed by atoms with Crippen molar-refractivity contribution < 1.29 is 13.9 Å². The van der Waals surface area contributed by atoms with Crippen LogP contribution in [0, 0.1) is 5.82 Å². The average Bonchev–Trinajstić information content (AvgIpc) is 2.96. The van der Waals surface area contributed by atoms with E-state index in [0.29, 0.717) is 5.56 Å².